The Morgan fingerprint density at radius 1 is 0.950 bits per heavy atom. The number of benzene rings is 2. The Balaban J connectivity index is 2.39. The first-order chi connectivity index (χ1) is 9.50. The van der Waals surface area contributed by atoms with E-state index in [4.69, 9.17) is 10.1 Å². The molecule has 0 fully saturated rings. The average Bonchev–Trinajstić information content (AvgIpc) is 2.44. The highest BCUT2D eigenvalue weighted by Gasteiger charge is 2.14. The van der Waals surface area contributed by atoms with Gasteiger partial charge in [0.05, 0.1) is 11.4 Å². The van der Waals surface area contributed by atoms with Crippen LogP contribution in [0.4, 0.5) is 17.1 Å². The summed E-state index contributed by atoms with van der Waals surface area (Å²) in [5.41, 5.74) is 7.75. The molecule has 2 aromatic carbocycles. The highest BCUT2D eigenvalue weighted by atomic mass is 32.2. The Labute approximate surface area is 115 Å². The maximum absolute atomic E-state index is 11.2. The van der Waals surface area contributed by atoms with Crippen molar-refractivity contribution in [2.75, 3.05) is 0 Å². The lowest BCUT2D eigenvalue weighted by Gasteiger charge is -2.00. The lowest BCUT2D eigenvalue weighted by molar-refractivity contribution is 0.483. The SMILES string of the molecule is N=Nc1cccc(N=Nc2ccccc2S(=O)(=O)O)c1. The molecule has 2 aromatic rings. The molecule has 0 bridgehead atoms. The maximum atomic E-state index is 11.2. The van der Waals surface area contributed by atoms with Crippen LogP contribution >= 0.6 is 0 Å². The molecule has 0 amide bonds. The Kier molecular flexibility index (Phi) is 3.97. The molecule has 2 rings (SSSR count). The normalized spacial score (nSPS) is 11.7. The Morgan fingerprint density at radius 3 is 2.35 bits per heavy atom. The molecule has 0 unspecified atom stereocenters. The third-order valence-electron chi connectivity index (χ3n) is 2.38. The maximum Gasteiger partial charge on any atom is 0.296 e. The van der Waals surface area contributed by atoms with Crippen molar-refractivity contribution >= 4 is 27.2 Å². The van der Waals surface area contributed by atoms with Crippen LogP contribution in [0.3, 0.4) is 0 Å². The minimum Gasteiger partial charge on any atom is -0.282 e. The molecule has 0 aromatic heterocycles. The van der Waals surface area contributed by atoms with Crippen molar-refractivity contribution in [3.8, 4) is 0 Å². The van der Waals surface area contributed by atoms with Gasteiger partial charge >= 0.3 is 0 Å². The van der Waals surface area contributed by atoms with E-state index in [0.29, 0.717) is 11.4 Å². The fraction of sp³-hybridized carbons (Fsp3) is 0. The summed E-state index contributed by atoms with van der Waals surface area (Å²) < 4.78 is 31.4. The summed E-state index contributed by atoms with van der Waals surface area (Å²) in [5, 5.41) is 10.9. The van der Waals surface area contributed by atoms with Crippen LogP contribution in [-0.2, 0) is 10.1 Å². The van der Waals surface area contributed by atoms with E-state index in [-0.39, 0.29) is 10.6 Å². The number of nitrogens with zero attached hydrogens (tertiary/aromatic N) is 3. The van der Waals surface area contributed by atoms with Gasteiger partial charge in [0.25, 0.3) is 10.1 Å². The van der Waals surface area contributed by atoms with Gasteiger partial charge in [-0.25, -0.2) is 5.53 Å². The fourth-order valence-corrected chi connectivity index (χ4v) is 2.12. The summed E-state index contributed by atoms with van der Waals surface area (Å²) in [5.74, 6) is 0. The lowest BCUT2D eigenvalue weighted by atomic mass is 10.3. The molecule has 0 saturated carbocycles. The van der Waals surface area contributed by atoms with Gasteiger partial charge in [-0.2, -0.15) is 18.6 Å². The zero-order valence-electron chi connectivity index (χ0n) is 10.1. The van der Waals surface area contributed by atoms with Gasteiger partial charge in [-0.15, -0.1) is 5.11 Å². The second kappa shape index (κ2) is 5.68. The van der Waals surface area contributed by atoms with E-state index in [1.54, 1.807) is 24.3 Å². The highest BCUT2D eigenvalue weighted by molar-refractivity contribution is 7.86. The lowest BCUT2D eigenvalue weighted by Crippen LogP contribution is -1.97. The smallest absolute Gasteiger partial charge is 0.282 e. The van der Waals surface area contributed by atoms with Crippen LogP contribution in [0.2, 0.25) is 0 Å². The predicted octanol–water partition coefficient (Wildman–Crippen LogP) is 4.01. The number of hydrogen-bond acceptors (Lipinski definition) is 6. The van der Waals surface area contributed by atoms with Gasteiger partial charge in [-0.3, -0.25) is 4.55 Å². The van der Waals surface area contributed by atoms with Gasteiger partial charge in [-0.05, 0) is 30.3 Å². The minimum absolute atomic E-state index is 0.0308. The van der Waals surface area contributed by atoms with Crippen molar-refractivity contribution in [3.63, 3.8) is 0 Å². The average molecular weight is 290 g/mol. The van der Waals surface area contributed by atoms with Crippen LogP contribution in [0.5, 0.6) is 0 Å². The molecular weight excluding hydrogens is 280 g/mol. The van der Waals surface area contributed by atoms with Gasteiger partial charge in [0, 0.05) is 0 Å². The quantitative estimate of drug-likeness (QED) is 0.654. The number of nitrogens with one attached hydrogen (secondary N) is 1. The first kappa shape index (κ1) is 14.0. The summed E-state index contributed by atoms with van der Waals surface area (Å²) in [4.78, 5) is -0.315. The number of hydrogen-bond donors (Lipinski definition) is 2. The predicted molar refractivity (Wildman–Crippen MR) is 71.7 cm³/mol. The van der Waals surface area contributed by atoms with Crippen LogP contribution in [0.15, 0.2) is 68.8 Å². The molecule has 8 heteroatoms. The van der Waals surface area contributed by atoms with E-state index in [1.165, 1.54) is 24.3 Å². The van der Waals surface area contributed by atoms with Crippen molar-refractivity contribution in [2.45, 2.75) is 4.90 Å². The van der Waals surface area contributed by atoms with Crippen molar-refractivity contribution in [1.82, 2.24) is 0 Å². The fourth-order valence-electron chi connectivity index (χ4n) is 1.49. The van der Waals surface area contributed by atoms with E-state index in [1.807, 2.05) is 0 Å². The molecule has 0 heterocycles. The molecule has 0 atom stereocenters. The Hall–Kier alpha value is -2.45. The molecule has 0 aliphatic carbocycles. The molecule has 0 saturated heterocycles. The summed E-state index contributed by atoms with van der Waals surface area (Å²) in [6.07, 6.45) is 0. The topological polar surface area (TPSA) is 115 Å². The van der Waals surface area contributed by atoms with Gasteiger partial charge in [0.2, 0.25) is 0 Å². The van der Waals surface area contributed by atoms with Crippen molar-refractivity contribution in [3.05, 3.63) is 48.5 Å². The third kappa shape index (κ3) is 3.31. The first-order valence-electron chi connectivity index (χ1n) is 5.46. The standard InChI is InChI=1S/C12H10N4O3S/c13-14-9-4-3-5-10(8-9)15-16-11-6-1-2-7-12(11)20(17,18)19/h1-8,13H,(H,17,18,19). The zero-order chi connectivity index (χ0) is 14.6. The second-order valence-electron chi connectivity index (χ2n) is 3.77. The van der Waals surface area contributed by atoms with Gasteiger partial charge in [-0.1, -0.05) is 18.2 Å². The van der Waals surface area contributed by atoms with E-state index in [2.05, 4.69) is 15.3 Å². The van der Waals surface area contributed by atoms with E-state index < -0.39 is 10.1 Å². The van der Waals surface area contributed by atoms with Crippen LogP contribution in [0.1, 0.15) is 0 Å². The highest BCUT2D eigenvalue weighted by Crippen LogP contribution is 2.27. The molecule has 7 nitrogen and oxygen atoms in total. The van der Waals surface area contributed by atoms with Gasteiger partial charge in [0.1, 0.15) is 10.6 Å². The third-order valence-corrected chi connectivity index (χ3v) is 3.28. The van der Waals surface area contributed by atoms with E-state index in [9.17, 15) is 8.42 Å². The molecule has 102 valence electrons. The summed E-state index contributed by atoms with van der Waals surface area (Å²) in [6, 6.07) is 12.1. The van der Waals surface area contributed by atoms with Crippen LogP contribution in [-0.4, -0.2) is 13.0 Å². The van der Waals surface area contributed by atoms with Crippen LogP contribution < -0.4 is 0 Å². The summed E-state index contributed by atoms with van der Waals surface area (Å²) >= 11 is 0. The molecule has 0 aliphatic rings. The minimum atomic E-state index is -4.35. The van der Waals surface area contributed by atoms with E-state index >= 15 is 0 Å². The zero-order valence-corrected chi connectivity index (χ0v) is 10.9. The van der Waals surface area contributed by atoms with Crippen molar-refractivity contribution in [2.24, 2.45) is 15.3 Å². The number of azo groups is 1. The molecule has 20 heavy (non-hydrogen) atoms. The molecule has 0 radical (unpaired) electrons. The van der Waals surface area contributed by atoms with Gasteiger partial charge < -0.3 is 0 Å². The van der Waals surface area contributed by atoms with Crippen molar-refractivity contribution in [1.29, 1.82) is 5.53 Å². The van der Waals surface area contributed by atoms with Crippen LogP contribution in [0.25, 0.3) is 0 Å². The van der Waals surface area contributed by atoms with E-state index in [0.717, 1.165) is 0 Å². The molecule has 0 spiro atoms. The Bertz CT molecular complexity index is 772. The monoisotopic (exact) mass is 290 g/mol. The van der Waals surface area contributed by atoms with Crippen molar-refractivity contribution < 1.29 is 13.0 Å². The molecule has 0 aliphatic heterocycles. The second-order valence-corrected chi connectivity index (χ2v) is 5.16. The molecular formula is C12H10N4O3S. The largest absolute Gasteiger partial charge is 0.296 e. The first-order valence-corrected chi connectivity index (χ1v) is 6.90. The summed E-state index contributed by atoms with van der Waals surface area (Å²) in [7, 11) is -4.35. The number of rotatable bonds is 4. The summed E-state index contributed by atoms with van der Waals surface area (Å²) in [6.45, 7) is 0. The Morgan fingerprint density at radius 2 is 1.65 bits per heavy atom. The van der Waals surface area contributed by atoms with Crippen LogP contribution in [0, 0.1) is 5.53 Å². The van der Waals surface area contributed by atoms with Gasteiger partial charge in [0.15, 0.2) is 0 Å². The molecule has 2 N–H and O–H groups in total.